The lowest BCUT2D eigenvalue weighted by molar-refractivity contribution is 0.0791. The first kappa shape index (κ1) is 20.1. The summed E-state index contributed by atoms with van der Waals surface area (Å²) in [5, 5.41) is 4.45. The van der Waals surface area contributed by atoms with Gasteiger partial charge in [0.15, 0.2) is 5.65 Å². The normalized spacial score (nSPS) is 16.0. The Balaban J connectivity index is 1.61. The van der Waals surface area contributed by atoms with Crippen LogP contribution in [0, 0.1) is 0 Å². The average molecular weight is 428 g/mol. The molecule has 0 saturated carbocycles. The third-order valence-electron chi connectivity index (χ3n) is 5.74. The van der Waals surface area contributed by atoms with Gasteiger partial charge in [-0.2, -0.15) is 5.10 Å². The van der Waals surface area contributed by atoms with Crippen LogP contribution in [0.2, 0.25) is 0 Å². The molecule has 1 amide bonds. The summed E-state index contributed by atoms with van der Waals surface area (Å²) in [6, 6.07) is 15.6. The third kappa shape index (κ3) is 3.69. The lowest BCUT2D eigenvalue weighted by Crippen LogP contribution is -2.32. The van der Waals surface area contributed by atoms with Crippen LogP contribution in [0.5, 0.6) is 0 Å². The van der Waals surface area contributed by atoms with E-state index in [0.29, 0.717) is 35.8 Å². The Hall–Kier alpha value is -3.78. The van der Waals surface area contributed by atoms with Crippen molar-refractivity contribution < 1.29 is 4.79 Å². The second-order valence-electron chi connectivity index (χ2n) is 8.30. The molecule has 162 valence electrons. The number of aromatic nitrogens is 4. The number of fused-ring (bicyclic) bond motifs is 1. The van der Waals surface area contributed by atoms with Crippen LogP contribution in [0.1, 0.15) is 16.8 Å². The maximum atomic E-state index is 13.2. The number of hydrogen-bond acceptors (Lipinski definition) is 6. The van der Waals surface area contributed by atoms with Crippen LogP contribution in [0.15, 0.2) is 60.9 Å². The molecule has 1 aliphatic rings. The first-order valence-electron chi connectivity index (χ1n) is 10.6. The highest BCUT2D eigenvalue weighted by molar-refractivity contribution is 5.96. The summed E-state index contributed by atoms with van der Waals surface area (Å²) in [5.41, 5.74) is 10.6. The van der Waals surface area contributed by atoms with Crippen molar-refractivity contribution in [2.24, 2.45) is 5.73 Å². The van der Waals surface area contributed by atoms with Crippen molar-refractivity contribution in [2.75, 3.05) is 32.1 Å². The molecule has 4 heterocycles. The SMILES string of the molecule is CN(C)c1cc(C(=O)N2CCC(N)C2)cc(-c2cnn3ccc(-c4ccccc4)nc23)n1. The van der Waals surface area contributed by atoms with E-state index in [1.165, 1.54) is 0 Å². The molecule has 4 aromatic rings. The van der Waals surface area contributed by atoms with Gasteiger partial charge in [0.1, 0.15) is 5.82 Å². The van der Waals surface area contributed by atoms with Gasteiger partial charge in [0, 0.05) is 50.6 Å². The number of nitrogens with zero attached hydrogens (tertiary/aromatic N) is 6. The summed E-state index contributed by atoms with van der Waals surface area (Å²) in [7, 11) is 3.82. The highest BCUT2D eigenvalue weighted by atomic mass is 16.2. The molecular weight excluding hydrogens is 402 g/mol. The van der Waals surface area contributed by atoms with Crippen molar-refractivity contribution in [1.82, 2.24) is 24.5 Å². The summed E-state index contributed by atoms with van der Waals surface area (Å²) in [5.74, 6) is 0.673. The van der Waals surface area contributed by atoms with Crippen molar-refractivity contribution >= 4 is 17.4 Å². The summed E-state index contributed by atoms with van der Waals surface area (Å²) < 4.78 is 1.73. The Bertz CT molecular complexity index is 1280. The van der Waals surface area contributed by atoms with E-state index in [9.17, 15) is 4.79 Å². The van der Waals surface area contributed by atoms with E-state index in [1.54, 1.807) is 10.7 Å². The van der Waals surface area contributed by atoms with E-state index in [1.807, 2.05) is 78.6 Å². The Labute approximate surface area is 186 Å². The van der Waals surface area contributed by atoms with Crippen LogP contribution in [0.3, 0.4) is 0 Å². The van der Waals surface area contributed by atoms with Crippen molar-refractivity contribution in [3.8, 4) is 22.5 Å². The summed E-state index contributed by atoms with van der Waals surface area (Å²) in [6.07, 6.45) is 4.46. The minimum absolute atomic E-state index is 0.0286. The van der Waals surface area contributed by atoms with Gasteiger partial charge in [-0.05, 0) is 24.6 Å². The molecule has 2 N–H and O–H groups in total. The maximum absolute atomic E-state index is 13.2. The standard InChI is InChI=1S/C24H25N7O/c1-29(2)22-13-17(24(32)30-10-8-18(25)15-30)12-21(27-22)19-14-26-31-11-9-20(28-23(19)31)16-6-4-3-5-7-16/h3-7,9,11-14,18H,8,10,15,25H2,1-2H3. The second-order valence-corrected chi connectivity index (χ2v) is 8.30. The number of carbonyl (C=O) groups is 1. The van der Waals surface area contributed by atoms with Gasteiger partial charge in [0.2, 0.25) is 0 Å². The van der Waals surface area contributed by atoms with Gasteiger partial charge < -0.3 is 15.5 Å². The van der Waals surface area contributed by atoms with Gasteiger partial charge in [0.05, 0.1) is 23.1 Å². The molecule has 5 rings (SSSR count). The molecule has 8 nitrogen and oxygen atoms in total. The summed E-state index contributed by atoms with van der Waals surface area (Å²) in [6.45, 7) is 1.25. The number of carbonyl (C=O) groups excluding carboxylic acids is 1. The molecule has 1 aliphatic heterocycles. The van der Waals surface area contributed by atoms with E-state index >= 15 is 0 Å². The Kier molecular flexibility index (Phi) is 5.07. The van der Waals surface area contributed by atoms with Crippen molar-refractivity contribution in [3.05, 3.63) is 66.5 Å². The van der Waals surface area contributed by atoms with Gasteiger partial charge >= 0.3 is 0 Å². The molecule has 1 fully saturated rings. The molecule has 1 aromatic carbocycles. The van der Waals surface area contributed by atoms with Crippen LogP contribution in [-0.4, -0.2) is 63.6 Å². The number of benzene rings is 1. The lowest BCUT2D eigenvalue weighted by atomic mass is 10.1. The number of anilines is 1. The predicted octanol–water partition coefficient (Wildman–Crippen LogP) is 2.70. The Morgan fingerprint density at radius 3 is 2.62 bits per heavy atom. The van der Waals surface area contributed by atoms with Gasteiger partial charge in [-0.15, -0.1) is 0 Å². The van der Waals surface area contributed by atoms with E-state index in [4.69, 9.17) is 15.7 Å². The third-order valence-corrected chi connectivity index (χ3v) is 5.74. The molecule has 0 aliphatic carbocycles. The van der Waals surface area contributed by atoms with E-state index < -0.39 is 0 Å². The van der Waals surface area contributed by atoms with Crippen LogP contribution in [0.4, 0.5) is 5.82 Å². The van der Waals surface area contributed by atoms with Crippen molar-refractivity contribution in [2.45, 2.75) is 12.5 Å². The fraction of sp³-hybridized carbons (Fsp3) is 0.250. The lowest BCUT2D eigenvalue weighted by Gasteiger charge is -2.19. The van der Waals surface area contributed by atoms with Crippen molar-refractivity contribution in [3.63, 3.8) is 0 Å². The van der Waals surface area contributed by atoms with Gasteiger partial charge in [-0.1, -0.05) is 30.3 Å². The van der Waals surface area contributed by atoms with E-state index in [-0.39, 0.29) is 11.9 Å². The quantitative estimate of drug-likeness (QED) is 0.538. The molecule has 0 bridgehead atoms. The molecule has 8 heteroatoms. The van der Waals surface area contributed by atoms with Crippen LogP contribution in [-0.2, 0) is 0 Å². The summed E-state index contributed by atoms with van der Waals surface area (Å²) >= 11 is 0. The number of nitrogens with two attached hydrogens (primary N) is 1. The molecule has 0 radical (unpaired) electrons. The number of hydrogen-bond donors (Lipinski definition) is 1. The maximum Gasteiger partial charge on any atom is 0.254 e. The minimum Gasteiger partial charge on any atom is -0.363 e. The first-order valence-corrected chi connectivity index (χ1v) is 10.6. The highest BCUT2D eigenvalue weighted by Crippen LogP contribution is 2.28. The largest absolute Gasteiger partial charge is 0.363 e. The van der Waals surface area contributed by atoms with E-state index in [2.05, 4.69) is 5.10 Å². The van der Waals surface area contributed by atoms with Crippen LogP contribution < -0.4 is 10.6 Å². The number of likely N-dealkylation sites (tertiary alicyclic amines) is 1. The topological polar surface area (TPSA) is 92.7 Å². The zero-order valence-corrected chi connectivity index (χ0v) is 18.1. The summed E-state index contributed by atoms with van der Waals surface area (Å²) in [4.78, 5) is 26.5. The van der Waals surface area contributed by atoms with Crippen LogP contribution in [0.25, 0.3) is 28.2 Å². The smallest absolute Gasteiger partial charge is 0.254 e. The Morgan fingerprint density at radius 2 is 1.91 bits per heavy atom. The molecule has 1 saturated heterocycles. The fourth-order valence-corrected chi connectivity index (χ4v) is 3.98. The van der Waals surface area contributed by atoms with Gasteiger partial charge in [-0.3, -0.25) is 4.79 Å². The molecule has 1 atom stereocenters. The van der Waals surface area contributed by atoms with Crippen molar-refractivity contribution in [1.29, 1.82) is 0 Å². The van der Waals surface area contributed by atoms with Gasteiger partial charge in [-0.25, -0.2) is 14.5 Å². The second kappa shape index (κ2) is 8.05. The number of amides is 1. The zero-order chi connectivity index (χ0) is 22.2. The minimum atomic E-state index is -0.0286. The first-order chi connectivity index (χ1) is 15.5. The molecule has 0 spiro atoms. The zero-order valence-electron chi connectivity index (χ0n) is 18.1. The van der Waals surface area contributed by atoms with Crippen LogP contribution >= 0.6 is 0 Å². The van der Waals surface area contributed by atoms with E-state index in [0.717, 1.165) is 23.2 Å². The fourth-order valence-electron chi connectivity index (χ4n) is 3.98. The molecular formula is C24H25N7O. The molecule has 3 aromatic heterocycles. The number of rotatable bonds is 4. The molecule has 1 unspecified atom stereocenters. The monoisotopic (exact) mass is 427 g/mol. The predicted molar refractivity (Wildman–Crippen MR) is 124 cm³/mol. The molecule has 32 heavy (non-hydrogen) atoms. The average Bonchev–Trinajstić information content (AvgIpc) is 3.44. The van der Waals surface area contributed by atoms with Gasteiger partial charge in [0.25, 0.3) is 5.91 Å². The highest BCUT2D eigenvalue weighted by Gasteiger charge is 2.26. The Morgan fingerprint density at radius 1 is 1.09 bits per heavy atom. The number of pyridine rings is 1.